The first-order valence-corrected chi connectivity index (χ1v) is 13.2. The van der Waals surface area contributed by atoms with Gasteiger partial charge in [-0.25, -0.2) is 18.7 Å². The van der Waals surface area contributed by atoms with E-state index in [9.17, 15) is 14.0 Å². The van der Waals surface area contributed by atoms with E-state index in [1.165, 1.54) is 6.07 Å². The first-order chi connectivity index (χ1) is 19.3. The lowest BCUT2D eigenvalue weighted by Crippen LogP contribution is -2.52. The van der Waals surface area contributed by atoms with Crippen LogP contribution in [-0.4, -0.2) is 84.8 Å². The molecule has 0 radical (unpaired) electrons. The third-order valence-corrected chi connectivity index (χ3v) is 7.31. The highest BCUT2D eigenvalue weighted by Crippen LogP contribution is 2.33. The van der Waals surface area contributed by atoms with Crippen LogP contribution in [0.3, 0.4) is 0 Å². The molecule has 0 bridgehead atoms. The van der Waals surface area contributed by atoms with Crippen LogP contribution in [0, 0.1) is 11.3 Å². The number of benzene rings is 1. The van der Waals surface area contributed by atoms with Gasteiger partial charge < -0.3 is 29.9 Å². The molecule has 5 rings (SSSR count). The van der Waals surface area contributed by atoms with Crippen LogP contribution in [0.1, 0.15) is 18.9 Å². The van der Waals surface area contributed by atoms with Crippen molar-refractivity contribution in [2.45, 2.75) is 31.4 Å². The predicted octanol–water partition coefficient (Wildman–Crippen LogP) is 4.10. The van der Waals surface area contributed by atoms with Crippen molar-refractivity contribution in [2.24, 2.45) is 0 Å². The van der Waals surface area contributed by atoms with Crippen molar-refractivity contribution in [1.82, 2.24) is 25.2 Å². The van der Waals surface area contributed by atoms with Crippen LogP contribution in [-0.2, 0) is 0 Å². The Morgan fingerprint density at radius 3 is 2.73 bits per heavy atom. The summed E-state index contributed by atoms with van der Waals surface area (Å²) in [6.45, 7) is 4.88. The number of halogens is 3. The lowest BCUT2D eigenvalue weighted by Gasteiger charge is -2.39. The number of hydrogen-bond acceptors (Lipinski definition) is 10. The van der Waals surface area contributed by atoms with Crippen LogP contribution in [0.25, 0.3) is 11.3 Å². The van der Waals surface area contributed by atoms with Gasteiger partial charge in [-0.1, -0.05) is 0 Å². The number of alkyl halides is 2. The molecule has 1 aromatic carbocycles. The van der Waals surface area contributed by atoms with Crippen molar-refractivity contribution in [1.29, 1.82) is 5.26 Å². The van der Waals surface area contributed by atoms with Crippen LogP contribution in [0.5, 0.6) is 11.6 Å². The summed E-state index contributed by atoms with van der Waals surface area (Å²) in [7, 11) is 3.72. The number of hydrogen-bond donors (Lipinski definition) is 2. The zero-order chi connectivity index (χ0) is 28.3. The van der Waals surface area contributed by atoms with Gasteiger partial charge in [-0.2, -0.15) is 10.2 Å². The molecule has 10 nitrogen and oxygen atoms in total. The Morgan fingerprint density at radius 2 is 2.00 bits per heavy atom. The molecule has 2 aliphatic heterocycles. The molecule has 41 heavy (non-hydrogen) atoms. The Hall–Kier alpha value is -3.79. The van der Waals surface area contributed by atoms with Crippen LogP contribution in [0.4, 0.5) is 26.2 Å². The van der Waals surface area contributed by atoms with Crippen molar-refractivity contribution in [2.75, 3.05) is 57.1 Å². The summed E-state index contributed by atoms with van der Waals surface area (Å²) in [5, 5.41) is 15.5. The number of anilines is 3. The molecular formula is C28H33ClF2N8O2. The molecule has 0 spiro atoms. The molecular weight excluding hydrogens is 554 g/mol. The number of likely N-dealkylation sites (N-methyl/N-ethyl adjacent to an activating group) is 1. The Labute approximate surface area is 244 Å². The molecule has 0 saturated carbocycles. The topological polar surface area (TPSA) is 111 Å². The zero-order valence-electron chi connectivity index (χ0n) is 23.1. The summed E-state index contributed by atoms with van der Waals surface area (Å²) in [5.41, 5.74) is 2.25. The highest BCUT2D eigenvalue weighted by molar-refractivity contribution is 5.85. The highest BCUT2D eigenvalue weighted by Gasteiger charge is 2.43. The Balaban J connectivity index is 0.00000387. The van der Waals surface area contributed by atoms with Gasteiger partial charge in [0.15, 0.2) is 6.10 Å². The summed E-state index contributed by atoms with van der Waals surface area (Å²) in [5.74, 6) is -1.57. The van der Waals surface area contributed by atoms with Crippen LogP contribution >= 0.6 is 12.4 Å². The van der Waals surface area contributed by atoms with Crippen LogP contribution < -0.4 is 25.0 Å². The van der Waals surface area contributed by atoms with Gasteiger partial charge in [-0.05, 0) is 56.9 Å². The number of piperidine rings is 1. The molecule has 3 aromatic rings. The molecule has 218 valence electrons. The van der Waals surface area contributed by atoms with E-state index < -0.39 is 18.6 Å². The van der Waals surface area contributed by atoms with Gasteiger partial charge in [-0.15, -0.1) is 12.4 Å². The second kappa shape index (κ2) is 12.8. The van der Waals surface area contributed by atoms with E-state index >= 15 is 0 Å². The second-order valence-electron chi connectivity index (χ2n) is 10.0. The van der Waals surface area contributed by atoms with Crippen molar-refractivity contribution in [3.63, 3.8) is 0 Å². The highest BCUT2D eigenvalue weighted by atomic mass is 35.5. The Morgan fingerprint density at radius 1 is 1.17 bits per heavy atom. The van der Waals surface area contributed by atoms with E-state index in [0.29, 0.717) is 41.5 Å². The summed E-state index contributed by atoms with van der Waals surface area (Å²) < 4.78 is 39.7. The van der Waals surface area contributed by atoms with Crippen molar-refractivity contribution >= 4 is 29.9 Å². The Bertz CT molecular complexity index is 1410. The molecule has 4 heterocycles. The number of rotatable bonds is 7. The first-order valence-electron chi connectivity index (χ1n) is 13.2. The average Bonchev–Trinajstić information content (AvgIpc) is 2.96. The van der Waals surface area contributed by atoms with Gasteiger partial charge in [0.2, 0.25) is 11.8 Å². The molecule has 0 aliphatic carbocycles. The molecule has 2 unspecified atom stereocenters. The molecule has 2 saturated heterocycles. The minimum Gasteiger partial charge on any atom is -0.483 e. The molecule has 13 heteroatoms. The minimum atomic E-state index is -3.02. The zero-order valence-corrected chi connectivity index (χ0v) is 23.9. The molecule has 2 aliphatic rings. The first kappa shape index (κ1) is 30.2. The maximum atomic E-state index is 14.2. The molecule has 2 atom stereocenters. The van der Waals surface area contributed by atoms with E-state index in [0.717, 1.165) is 25.3 Å². The van der Waals surface area contributed by atoms with Crippen molar-refractivity contribution in [3.8, 4) is 29.0 Å². The van der Waals surface area contributed by atoms with Gasteiger partial charge >= 0.3 is 0 Å². The average molecular weight is 587 g/mol. The summed E-state index contributed by atoms with van der Waals surface area (Å²) in [6.07, 6.45) is 0.445. The molecule has 2 aromatic heterocycles. The number of nitrogens with one attached hydrogen (secondary N) is 2. The van der Waals surface area contributed by atoms with Gasteiger partial charge in [0.1, 0.15) is 23.3 Å². The van der Waals surface area contributed by atoms with E-state index in [4.69, 9.17) is 9.47 Å². The predicted molar refractivity (Wildman–Crippen MR) is 155 cm³/mol. The molecule has 2 N–H and O–H groups in total. The van der Waals surface area contributed by atoms with E-state index in [-0.39, 0.29) is 30.1 Å². The third kappa shape index (κ3) is 6.75. The number of piperazine rings is 1. The monoisotopic (exact) mass is 586 g/mol. The van der Waals surface area contributed by atoms with Crippen LogP contribution in [0.15, 0.2) is 42.6 Å². The SMILES string of the molecule is COc1nc(Nc2nccc(-c3ccc(OC4CCNCC4(F)F)c(C#N)c3)n2)ccc1N1CCN(C)C(C)C1.Cl. The number of ether oxygens (including phenoxy) is 2. The van der Waals surface area contributed by atoms with E-state index in [2.05, 4.69) is 55.4 Å². The summed E-state index contributed by atoms with van der Waals surface area (Å²) >= 11 is 0. The number of pyridine rings is 1. The summed E-state index contributed by atoms with van der Waals surface area (Å²) in [6, 6.07) is 12.8. The van der Waals surface area contributed by atoms with Crippen molar-refractivity contribution < 1.29 is 18.3 Å². The van der Waals surface area contributed by atoms with E-state index in [1.54, 1.807) is 31.5 Å². The number of aromatic nitrogens is 3. The van der Waals surface area contributed by atoms with E-state index in [1.807, 2.05) is 12.1 Å². The summed E-state index contributed by atoms with van der Waals surface area (Å²) in [4.78, 5) is 18.1. The van der Waals surface area contributed by atoms with Crippen LogP contribution in [0.2, 0.25) is 0 Å². The largest absolute Gasteiger partial charge is 0.483 e. The molecule has 2 fully saturated rings. The maximum Gasteiger partial charge on any atom is 0.296 e. The number of nitrogens with zero attached hydrogens (tertiary/aromatic N) is 6. The van der Waals surface area contributed by atoms with Gasteiger partial charge in [-0.3, -0.25) is 0 Å². The maximum absolute atomic E-state index is 14.2. The fourth-order valence-electron chi connectivity index (χ4n) is 4.85. The third-order valence-electron chi connectivity index (χ3n) is 7.31. The van der Waals surface area contributed by atoms with Gasteiger partial charge in [0.25, 0.3) is 5.92 Å². The minimum absolute atomic E-state index is 0. The Kier molecular flexibility index (Phi) is 9.42. The molecule has 0 amide bonds. The van der Waals surface area contributed by atoms with Gasteiger partial charge in [0, 0.05) is 43.9 Å². The smallest absolute Gasteiger partial charge is 0.296 e. The lowest BCUT2D eigenvalue weighted by atomic mass is 10.0. The quantitative estimate of drug-likeness (QED) is 0.420. The number of methoxy groups -OCH3 is 1. The fourth-order valence-corrected chi connectivity index (χ4v) is 4.85. The normalized spacial score (nSPS) is 20.4. The second-order valence-corrected chi connectivity index (χ2v) is 10.0. The fraction of sp³-hybridized carbons (Fsp3) is 0.429. The van der Waals surface area contributed by atoms with Gasteiger partial charge in [0.05, 0.1) is 24.9 Å². The number of nitriles is 1. The van der Waals surface area contributed by atoms with Crippen molar-refractivity contribution in [3.05, 3.63) is 48.2 Å². The standard InChI is InChI=1S/C28H32F2N8O2.ClH/c1-18-16-38(13-12-37(18)2)22-5-7-25(35-26(22)39-3)36-27-33-11-8-21(34-27)19-4-6-23(20(14-19)15-31)40-24-9-10-32-17-28(24,29)30;/h4-8,11,14,18,24,32H,9-10,12-13,16-17H2,1-3H3,(H,33,34,35,36);1H. The lowest BCUT2D eigenvalue weighted by molar-refractivity contribution is -0.109.